The van der Waals surface area contributed by atoms with Gasteiger partial charge in [-0.3, -0.25) is 14.9 Å². The van der Waals surface area contributed by atoms with Crippen molar-refractivity contribution in [3.05, 3.63) is 87.2 Å². The number of nitrogens with zero attached hydrogens (tertiary/aromatic N) is 6. The van der Waals surface area contributed by atoms with Gasteiger partial charge >= 0.3 is 5.00 Å². The van der Waals surface area contributed by atoms with Gasteiger partial charge < -0.3 is 10.6 Å². The number of aromatic nitrogens is 4. The summed E-state index contributed by atoms with van der Waals surface area (Å²) >= 11 is 0.731. The van der Waals surface area contributed by atoms with E-state index in [4.69, 9.17) is 0 Å². The van der Waals surface area contributed by atoms with E-state index in [0.29, 0.717) is 33.5 Å². The second kappa shape index (κ2) is 9.44. The standard InChI is InChI=1S/C24H15FN8O3S/c1-27-18-9-13(5-6-14(18)11-26)21-29-22(31-24(34)19-7-8-20(37-19)33(35)36)17-12-28-32(23(17)30-21)16-4-2-3-15(25)10-16/h2-10,12,27H,1H3,(H,29,30,31,34). The first kappa shape index (κ1) is 23.5. The van der Waals surface area contributed by atoms with Gasteiger partial charge in [0.25, 0.3) is 5.91 Å². The Morgan fingerprint density at radius 2 is 2.03 bits per heavy atom. The fourth-order valence-corrected chi connectivity index (χ4v) is 4.35. The number of anilines is 2. The van der Waals surface area contributed by atoms with E-state index in [1.54, 1.807) is 31.3 Å². The summed E-state index contributed by atoms with van der Waals surface area (Å²) < 4.78 is 15.4. The number of nitrogens with one attached hydrogen (secondary N) is 2. The van der Waals surface area contributed by atoms with Crippen LogP contribution in [0.2, 0.25) is 0 Å². The zero-order valence-corrected chi connectivity index (χ0v) is 19.8. The molecule has 0 unspecified atom stereocenters. The molecule has 11 nitrogen and oxygen atoms in total. The van der Waals surface area contributed by atoms with Gasteiger partial charge in [0.05, 0.1) is 38.3 Å². The van der Waals surface area contributed by atoms with Crippen LogP contribution in [0.5, 0.6) is 0 Å². The minimum absolute atomic E-state index is 0.110. The van der Waals surface area contributed by atoms with Crippen molar-refractivity contribution in [3.63, 3.8) is 0 Å². The molecule has 2 aromatic carbocycles. The van der Waals surface area contributed by atoms with Crippen molar-refractivity contribution in [2.45, 2.75) is 0 Å². The largest absolute Gasteiger partial charge is 0.387 e. The molecule has 0 aliphatic rings. The Kier molecular flexibility index (Phi) is 6.00. The molecule has 0 fully saturated rings. The van der Waals surface area contributed by atoms with E-state index >= 15 is 0 Å². The fraction of sp³-hybridized carbons (Fsp3) is 0.0417. The quantitative estimate of drug-likeness (QED) is 0.243. The molecule has 182 valence electrons. The van der Waals surface area contributed by atoms with Crippen LogP contribution in [0.3, 0.4) is 0 Å². The molecule has 0 aliphatic carbocycles. The van der Waals surface area contributed by atoms with Crippen LogP contribution in [-0.4, -0.2) is 37.6 Å². The molecule has 0 spiro atoms. The summed E-state index contributed by atoms with van der Waals surface area (Å²) in [6, 6.07) is 15.4. The number of carbonyl (C=O) groups excluding carboxylic acids is 1. The van der Waals surface area contributed by atoms with Crippen LogP contribution in [0.15, 0.2) is 60.8 Å². The molecule has 0 bridgehead atoms. The Balaban J connectivity index is 1.66. The number of halogens is 1. The predicted octanol–water partition coefficient (Wildman–Crippen LogP) is 4.76. The van der Waals surface area contributed by atoms with E-state index in [-0.39, 0.29) is 21.5 Å². The van der Waals surface area contributed by atoms with Crippen LogP contribution < -0.4 is 10.6 Å². The maximum Gasteiger partial charge on any atom is 0.324 e. The third-order valence-corrected chi connectivity index (χ3v) is 6.41. The lowest BCUT2D eigenvalue weighted by molar-refractivity contribution is -0.380. The first-order valence-electron chi connectivity index (χ1n) is 10.7. The van der Waals surface area contributed by atoms with Crippen molar-refractivity contribution in [2.75, 3.05) is 17.7 Å². The molecule has 37 heavy (non-hydrogen) atoms. The third-order valence-electron chi connectivity index (χ3n) is 5.38. The van der Waals surface area contributed by atoms with E-state index in [0.717, 1.165) is 11.3 Å². The molecule has 3 aromatic heterocycles. The summed E-state index contributed by atoms with van der Waals surface area (Å²) in [4.78, 5) is 32.7. The maximum absolute atomic E-state index is 13.9. The van der Waals surface area contributed by atoms with Crippen LogP contribution in [0.4, 0.5) is 20.9 Å². The topological polar surface area (TPSA) is 152 Å². The minimum Gasteiger partial charge on any atom is -0.387 e. The SMILES string of the molecule is CNc1cc(-c2nc(NC(=O)c3ccc([N+](=O)[O-])s3)c3cnn(-c4cccc(F)c4)c3n2)ccc1C#N. The molecular formula is C24H15FN8O3S. The van der Waals surface area contributed by atoms with E-state index in [1.807, 2.05) is 0 Å². The monoisotopic (exact) mass is 514 g/mol. The zero-order chi connectivity index (χ0) is 26.1. The molecule has 1 amide bonds. The number of fused-ring (bicyclic) bond motifs is 1. The Hall–Kier alpha value is -5.22. The average molecular weight is 515 g/mol. The third kappa shape index (κ3) is 4.44. The van der Waals surface area contributed by atoms with Crippen molar-refractivity contribution in [2.24, 2.45) is 0 Å². The molecule has 0 radical (unpaired) electrons. The van der Waals surface area contributed by atoms with Gasteiger partial charge in [-0.15, -0.1) is 0 Å². The average Bonchev–Trinajstić information content (AvgIpc) is 3.56. The summed E-state index contributed by atoms with van der Waals surface area (Å²) in [5.41, 5.74) is 2.21. The van der Waals surface area contributed by atoms with E-state index < -0.39 is 16.6 Å². The van der Waals surface area contributed by atoms with E-state index in [2.05, 4.69) is 31.8 Å². The van der Waals surface area contributed by atoms with E-state index in [1.165, 1.54) is 41.2 Å². The van der Waals surface area contributed by atoms with Gasteiger partial charge in [-0.05, 0) is 42.5 Å². The Morgan fingerprint density at radius 1 is 1.19 bits per heavy atom. The highest BCUT2D eigenvalue weighted by atomic mass is 32.1. The number of hydrogen-bond acceptors (Lipinski definition) is 9. The Labute approximate surface area is 212 Å². The van der Waals surface area contributed by atoms with Crippen LogP contribution in [0.25, 0.3) is 28.1 Å². The lowest BCUT2D eigenvalue weighted by Crippen LogP contribution is -2.13. The highest BCUT2D eigenvalue weighted by Crippen LogP contribution is 2.30. The predicted molar refractivity (Wildman–Crippen MR) is 135 cm³/mol. The molecule has 0 atom stereocenters. The van der Waals surface area contributed by atoms with Gasteiger partial charge in [-0.1, -0.05) is 17.4 Å². The van der Waals surface area contributed by atoms with Crippen LogP contribution >= 0.6 is 11.3 Å². The lowest BCUT2D eigenvalue weighted by Gasteiger charge is -2.10. The smallest absolute Gasteiger partial charge is 0.324 e. The van der Waals surface area contributed by atoms with E-state index in [9.17, 15) is 24.6 Å². The van der Waals surface area contributed by atoms with Crippen molar-refractivity contribution in [1.82, 2.24) is 19.7 Å². The van der Waals surface area contributed by atoms with Gasteiger partial charge in [0.15, 0.2) is 11.5 Å². The van der Waals surface area contributed by atoms with Crippen molar-refractivity contribution in [1.29, 1.82) is 5.26 Å². The van der Waals surface area contributed by atoms with Crippen LogP contribution in [0.1, 0.15) is 15.2 Å². The Morgan fingerprint density at radius 3 is 2.73 bits per heavy atom. The molecule has 13 heteroatoms. The molecule has 0 saturated heterocycles. The highest BCUT2D eigenvalue weighted by molar-refractivity contribution is 7.17. The van der Waals surface area contributed by atoms with Gasteiger partial charge in [0, 0.05) is 18.7 Å². The first-order valence-corrected chi connectivity index (χ1v) is 11.5. The number of nitro groups is 1. The second-order valence-corrected chi connectivity index (χ2v) is 8.70. The van der Waals surface area contributed by atoms with Crippen LogP contribution in [-0.2, 0) is 0 Å². The van der Waals surface area contributed by atoms with Gasteiger partial charge in [-0.25, -0.2) is 19.0 Å². The minimum atomic E-state index is -0.599. The van der Waals surface area contributed by atoms with Crippen molar-refractivity contribution < 1.29 is 14.1 Å². The Bertz CT molecular complexity index is 1740. The number of benzene rings is 2. The summed E-state index contributed by atoms with van der Waals surface area (Å²) in [7, 11) is 1.68. The van der Waals surface area contributed by atoms with Crippen molar-refractivity contribution in [3.8, 4) is 23.1 Å². The molecule has 5 rings (SSSR count). The molecule has 0 aliphatic heterocycles. The highest BCUT2D eigenvalue weighted by Gasteiger charge is 2.20. The fourth-order valence-electron chi connectivity index (χ4n) is 3.63. The lowest BCUT2D eigenvalue weighted by atomic mass is 10.1. The molecule has 2 N–H and O–H groups in total. The zero-order valence-electron chi connectivity index (χ0n) is 19.0. The number of amides is 1. The number of rotatable bonds is 6. The number of nitriles is 1. The van der Waals surface area contributed by atoms with Gasteiger partial charge in [0.2, 0.25) is 0 Å². The number of hydrogen-bond donors (Lipinski definition) is 2. The van der Waals surface area contributed by atoms with Gasteiger partial charge in [-0.2, -0.15) is 10.4 Å². The van der Waals surface area contributed by atoms with Crippen molar-refractivity contribution >= 4 is 44.8 Å². The molecular weight excluding hydrogens is 499 g/mol. The molecule has 3 heterocycles. The summed E-state index contributed by atoms with van der Waals surface area (Å²) in [5, 5.41) is 30.5. The van der Waals surface area contributed by atoms with Gasteiger partial charge in [0.1, 0.15) is 17.7 Å². The number of carbonyl (C=O) groups is 1. The molecule has 0 saturated carbocycles. The summed E-state index contributed by atoms with van der Waals surface area (Å²) in [6.45, 7) is 0. The second-order valence-electron chi connectivity index (χ2n) is 7.64. The normalized spacial score (nSPS) is 10.7. The number of thiophene rings is 1. The maximum atomic E-state index is 13.9. The van der Waals surface area contributed by atoms with Crippen LogP contribution in [0, 0.1) is 27.3 Å². The molecule has 5 aromatic rings. The first-order chi connectivity index (χ1) is 17.9. The summed E-state index contributed by atoms with van der Waals surface area (Å²) in [5.74, 6) is -0.745. The summed E-state index contributed by atoms with van der Waals surface area (Å²) in [6.07, 6.45) is 1.44.